The average Bonchev–Trinajstić information content (AvgIpc) is 2.89. The maximum atomic E-state index is 14.3. The number of nitrogens with one attached hydrogen (secondary N) is 1. The van der Waals surface area contributed by atoms with Crippen molar-refractivity contribution in [3.8, 4) is 0 Å². The molecule has 4 atom stereocenters. The van der Waals surface area contributed by atoms with Gasteiger partial charge in [-0.1, -0.05) is 26.7 Å². The van der Waals surface area contributed by atoms with Crippen LogP contribution in [-0.4, -0.2) is 39.6 Å². The average molecular weight is 371 g/mol. The monoisotopic (exact) mass is 371 g/mol. The molecule has 1 aromatic heterocycles. The number of hydrogen-bond donors (Lipinski definition) is 2. The van der Waals surface area contributed by atoms with E-state index in [-0.39, 0.29) is 12.5 Å². The van der Waals surface area contributed by atoms with E-state index in [1.54, 1.807) is 6.92 Å². The lowest BCUT2D eigenvalue weighted by molar-refractivity contribution is -0.0159. The fourth-order valence-corrected chi connectivity index (χ4v) is 3.00. The van der Waals surface area contributed by atoms with E-state index >= 15 is 0 Å². The molecule has 0 bridgehead atoms. The molecule has 9 heteroatoms. The molecule has 1 saturated heterocycles. The largest absolute Gasteiger partial charge is 0.449 e. The van der Waals surface area contributed by atoms with Crippen LogP contribution in [0, 0.1) is 11.7 Å². The summed E-state index contributed by atoms with van der Waals surface area (Å²) in [4.78, 5) is 27.5. The molecule has 2 heterocycles. The third kappa shape index (κ3) is 4.59. The lowest BCUT2D eigenvalue weighted by Gasteiger charge is -2.20. The number of hydrogen-bond acceptors (Lipinski definition) is 6. The summed E-state index contributed by atoms with van der Waals surface area (Å²) >= 11 is 0. The highest BCUT2D eigenvalue weighted by Gasteiger charge is 2.41. The van der Waals surface area contributed by atoms with Crippen LogP contribution < -0.4 is 11.0 Å². The summed E-state index contributed by atoms with van der Waals surface area (Å²) in [5.41, 5.74) is -0.780. The number of anilines is 1. The minimum absolute atomic E-state index is 0.211. The van der Waals surface area contributed by atoms with Crippen LogP contribution >= 0.6 is 0 Å². The van der Waals surface area contributed by atoms with Crippen molar-refractivity contribution in [3.05, 3.63) is 22.5 Å². The Bertz CT molecular complexity index is 681. The molecule has 8 nitrogen and oxygen atoms in total. The van der Waals surface area contributed by atoms with Crippen molar-refractivity contribution in [3.63, 3.8) is 0 Å². The second-order valence-corrected chi connectivity index (χ2v) is 6.39. The number of carbonyl (C=O) groups is 1. The van der Waals surface area contributed by atoms with Crippen LogP contribution in [0.2, 0.25) is 0 Å². The maximum absolute atomic E-state index is 14.3. The first kappa shape index (κ1) is 20.3. The normalized spacial score (nSPS) is 25.3. The molecule has 2 N–H and O–H groups in total. The van der Waals surface area contributed by atoms with Gasteiger partial charge in [0.25, 0.3) is 0 Å². The third-order valence-electron chi connectivity index (χ3n) is 4.49. The standard InChI is InChI=1S/C17H26FN3O5/c1-4-6-7-8-25-17(24)20-14-12(18)9-21(16(23)19-14)15-11(5-2)13(22)10(3)26-15/h9-11,13,15,22H,4-8H2,1-3H3,(H,19,20,23,24)/t10-,11-,13-,15-/m1/s1. The number of ether oxygens (including phenoxy) is 2. The van der Waals surface area contributed by atoms with Crippen LogP contribution in [0.25, 0.3) is 0 Å². The highest BCUT2D eigenvalue weighted by atomic mass is 19.1. The summed E-state index contributed by atoms with van der Waals surface area (Å²) in [5.74, 6) is -1.74. The molecule has 0 unspecified atom stereocenters. The van der Waals surface area contributed by atoms with Gasteiger partial charge in [0.15, 0.2) is 11.6 Å². The molecule has 1 aliphatic heterocycles. The quantitative estimate of drug-likeness (QED) is 0.714. The Labute approximate surface area is 151 Å². The number of amides is 1. The van der Waals surface area contributed by atoms with Crippen molar-refractivity contribution in [2.24, 2.45) is 5.92 Å². The number of aromatic nitrogens is 2. The molecule has 0 radical (unpaired) electrons. The molecule has 0 saturated carbocycles. The SMILES string of the molecule is CCCCCOC(=O)Nc1nc(=O)n([C@@H]2O[C@H](C)[C@@H](O)[C@H]2CC)cc1F. The number of carbonyl (C=O) groups excluding carboxylic acids is 1. The van der Waals surface area contributed by atoms with Gasteiger partial charge < -0.3 is 14.6 Å². The van der Waals surface area contributed by atoms with Gasteiger partial charge in [0.1, 0.15) is 6.23 Å². The van der Waals surface area contributed by atoms with Crippen molar-refractivity contribution >= 4 is 11.9 Å². The van der Waals surface area contributed by atoms with E-state index in [2.05, 4.69) is 10.3 Å². The fourth-order valence-electron chi connectivity index (χ4n) is 3.00. The second-order valence-electron chi connectivity index (χ2n) is 6.39. The molecule has 1 fully saturated rings. The van der Waals surface area contributed by atoms with E-state index in [4.69, 9.17) is 9.47 Å². The minimum Gasteiger partial charge on any atom is -0.449 e. The van der Waals surface area contributed by atoms with E-state index < -0.39 is 41.9 Å². The zero-order valence-corrected chi connectivity index (χ0v) is 15.3. The summed E-state index contributed by atoms with van der Waals surface area (Å²) < 4.78 is 25.8. The Morgan fingerprint density at radius 3 is 2.85 bits per heavy atom. The summed E-state index contributed by atoms with van der Waals surface area (Å²) in [7, 11) is 0. The number of halogens is 1. The molecule has 26 heavy (non-hydrogen) atoms. The van der Waals surface area contributed by atoms with E-state index in [1.807, 2.05) is 13.8 Å². The van der Waals surface area contributed by atoms with Crippen LogP contribution in [0.5, 0.6) is 0 Å². The van der Waals surface area contributed by atoms with Crippen LogP contribution in [0.4, 0.5) is 15.0 Å². The fraction of sp³-hybridized carbons (Fsp3) is 0.706. The zero-order chi connectivity index (χ0) is 19.3. The smallest absolute Gasteiger partial charge is 0.412 e. The van der Waals surface area contributed by atoms with Crippen LogP contribution in [0.15, 0.2) is 11.0 Å². The van der Waals surface area contributed by atoms with Gasteiger partial charge in [0, 0.05) is 5.92 Å². The van der Waals surface area contributed by atoms with Gasteiger partial charge in [-0.3, -0.25) is 9.88 Å². The van der Waals surface area contributed by atoms with Crippen molar-refractivity contribution in [1.29, 1.82) is 0 Å². The van der Waals surface area contributed by atoms with Crippen molar-refractivity contribution in [2.45, 2.75) is 64.9 Å². The van der Waals surface area contributed by atoms with E-state index in [1.165, 1.54) is 0 Å². The van der Waals surface area contributed by atoms with Crippen LogP contribution in [-0.2, 0) is 9.47 Å². The second kappa shape index (κ2) is 9.09. The number of rotatable bonds is 7. The summed E-state index contributed by atoms with van der Waals surface area (Å²) in [6.45, 7) is 5.77. The van der Waals surface area contributed by atoms with Gasteiger partial charge >= 0.3 is 11.8 Å². The lowest BCUT2D eigenvalue weighted by Crippen LogP contribution is -2.33. The molecule has 0 spiro atoms. The molecular weight excluding hydrogens is 345 g/mol. The van der Waals surface area contributed by atoms with Crippen molar-refractivity contribution < 1.29 is 23.8 Å². The first-order valence-corrected chi connectivity index (χ1v) is 8.95. The Morgan fingerprint density at radius 2 is 2.19 bits per heavy atom. The van der Waals surface area contributed by atoms with Gasteiger partial charge in [-0.05, 0) is 19.8 Å². The van der Waals surface area contributed by atoms with E-state index in [0.717, 1.165) is 23.6 Å². The molecule has 1 aliphatic rings. The van der Waals surface area contributed by atoms with Gasteiger partial charge in [-0.15, -0.1) is 0 Å². The molecule has 2 rings (SSSR count). The summed E-state index contributed by atoms with van der Waals surface area (Å²) in [6.07, 6.45) is 1.18. The Kier molecular flexibility index (Phi) is 7.10. The summed E-state index contributed by atoms with van der Waals surface area (Å²) in [6, 6.07) is 0. The lowest BCUT2D eigenvalue weighted by atomic mass is 9.97. The maximum Gasteiger partial charge on any atom is 0.412 e. The van der Waals surface area contributed by atoms with E-state index in [9.17, 15) is 19.1 Å². The topological polar surface area (TPSA) is 103 Å². The van der Waals surface area contributed by atoms with Gasteiger partial charge in [-0.2, -0.15) is 4.98 Å². The van der Waals surface area contributed by atoms with Crippen LogP contribution in [0.1, 0.15) is 52.7 Å². The predicted molar refractivity (Wildman–Crippen MR) is 92.3 cm³/mol. The van der Waals surface area contributed by atoms with Gasteiger partial charge in [-0.25, -0.2) is 14.0 Å². The Balaban J connectivity index is 2.11. The van der Waals surface area contributed by atoms with Crippen molar-refractivity contribution in [2.75, 3.05) is 11.9 Å². The minimum atomic E-state index is -0.886. The molecule has 1 aromatic rings. The van der Waals surface area contributed by atoms with Gasteiger partial charge in [0.2, 0.25) is 0 Å². The van der Waals surface area contributed by atoms with Gasteiger partial charge in [0.05, 0.1) is 25.0 Å². The van der Waals surface area contributed by atoms with E-state index in [0.29, 0.717) is 12.8 Å². The molecule has 146 valence electrons. The first-order valence-electron chi connectivity index (χ1n) is 8.95. The zero-order valence-electron chi connectivity index (χ0n) is 15.3. The third-order valence-corrected chi connectivity index (χ3v) is 4.49. The molecule has 0 aromatic carbocycles. The Morgan fingerprint density at radius 1 is 1.46 bits per heavy atom. The Hall–Kier alpha value is -2.00. The van der Waals surface area contributed by atoms with Crippen molar-refractivity contribution in [1.82, 2.24) is 9.55 Å². The van der Waals surface area contributed by atoms with Crippen LogP contribution in [0.3, 0.4) is 0 Å². The number of aliphatic hydroxyl groups excluding tert-OH is 1. The predicted octanol–water partition coefficient (Wildman–Crippen LogP) is 2.43. The highest BCUT2D eigenvalue weighted by molar-refractivity contribution is 5.83. The number of aliphatic hydroxyl groups is 1. The molecule has 0 aliphatic carbocycles. The number of nitrogens with zero attached hydrogens (tertiary/aromatic N) is 2. The number of unbranched alkanes of at least 4 members (excludes halogenated alkanes) is 2. The molecule has 1 amide bonds. The molecular formula is C17H26FN3O5. The first-order chi connectivity index (χ1) is 12.4. The highest BCUT2D eigenvalue weighted by Crippen LogP contribution is 2.36. The summed E-state index contributed by atoms with van der Waals surface area (Å²) in [5, 5.41) is 12.3.